The quantitative estimate of drug-likeness (QED) is 0.629. The Morgan fingerprint density at radius 2 is 1.83 bits per heavy atom. The van der Waals surface area contributed by atoms with Crippen LogP contribution in [0.5, 0.6) is 0 Å². The number of allylic oxidation sites excluding steroid dienone is 2. The molecule has 0 saturated carbocycles. The van der Waals surface area contributed by atoms with Crippen LogP contribution in [0.1, 0.15) is 69.9 Å². The minimum atomic E-state index is 0.631. The summed E-state index contributed by atoms with van der Waals surface area (Å²) in [6.07, 6.45) is 9.09. The van der Waals surface area contributed by atoms with E-state index in [1.807, 2.05) is 0 Å². The predicted molar refractivity (Wildman–Crippen MR) is 80.8 cm³/mol. The minimum Gasteiger partial charge on any atom is -0.0807 e. The average Bonchev–Trinajstić information content (AvgIpc) is 2.64. The van der Waals surface area contributed by atoms with E-state index in [2.05, 4.69) is 51.1 Å². The first-order valence-corrected chi connectivity index (χ1v) is 7.50. The van der Waals surface area contributed by atoms with Crippen LogP contribution in [0, 0.1) is 5.92 Å². The van der Waals surface area contributed by atoms with Gasteiger partial charge in [-0.3, -0.25) is 0 Å². The zero-order chi connectivity index (χ0) is 13.0. The molecular weight excluding hydrogens is 216 g/mol. The molecule has 2 rings (SSSR count). The van der Waals surface area contributed by atoms with Gasteiger partial charge >= 0.3 is 0 Å². The monoisotopic (exact) mass is 242 g/mol. The lowest BCUT2D eigenvalue weighted by molar-refractivity contribution is 0.454. The van der Waals surface area contributed by atoms with E-state index in [-0.39, 0.29) is 0 Å². The summed E-state index contributed by atoms with van der Waals surface area (Å²) >= 11 is 0. The molecular formula is C18H26. The number of rotatable bonds is 3. The SMILES string of the molecule is CCC1CCC=C(c2ccc(C(C)C)cc2)CC1. The van der Waals surface area contributed by atoms with Gasteiger partial charge in [0.15, 0.2) is 0 Å². The Balaban J connectivity index is 2.09. The maximum absolute atomic E-state index is 2.47. The van der Waals surface area contributed by atoms with Crippen LogP contribution in [0.25, 0.3) is 5.57 Å². The molecule has 1 aliphatic carbocycles. The molecule has 0 nitrogen and oxygen atoms in total. The smallest absolute Gasteiger partial charge is 0.0219 e. The van der Waals surface area contributed by atoms with Crippen molar-refractivity contribution in [3.8, 4) is 0 Å². The van der Waals surface area contributed by atoms with E-state index in [1.54, 1.807) is 5.57 Å². The Labute approximate surface area is 112 Å². The predicted octanol–water partition coefficient (Wildman–Crippen LogP) is 5.79. The van der Waals surface area contributed by atoms with E-state index in [0.29, 0.717) is 5.92 Å². The lowest BCUT2D eigenvalue weighted by Gasteiger charge is -2.12. The van der Waals surface area contributed by atoms with Gasteiger partial charge in [0.25, 0.3) is 0 Å². The van der Waals surface area contributed by atoms with Crippen LogP contribution in [0.15, 0.2) is 30.3 Å². The first-order chi connectivity index (χ1) is 8.70. The van der Waals surface area contributed by atoms with Crippen LogP contribution in [0.4, 0.5) is 0 Å². The van der Waals surface area contributed by atoms with Crippen molar-refractivity contribution < 1.29 is 0 Å². The van der Waals surface area contributed by atoms with E-state index in [9.17, 15) is 0 Å². The summed E-state index contributed by atoms with van der Waals surface area (Å²) in [6.45, 7) is 6.84. The van der Waals surface area contributed by atoms with Gasteiger partial charge in [-0.25, -0.2) is 0 Å². The standard InChI is InChI=1S/C18H26/c1-4-15-6-5-7-17(9-8-15)18-12-10-16(11-13-18)14(2)3/h7,10-15H,4-6,8-9H2,1-3H3. The van der Waals surface area contributed by atoms with E-state index in [0.717, 1.165) is 5.92 Å². The molecule has 0 bridgehead atoms. The van der Waals surface area contributed by atoms with Crippen molar-refractivity contribution in [2.75, 3.05) is 0 Å². The highest BCUT2D eigenvalue weighted by atomic mass is 14.2. The summed E-state index contributed by atoms with van der Waals surface area (Å²) in [6, 6.07) is 9.22. The summed E-state index contributed by atoms with van der Waals surface area (Å²) < 4.78 is 0. The van der Waals surface area contributed by atoms with Gasteiger partial charge in [-0.05, 0) is 54.2 Å². The number of hydrogen-bond acceptors (Lipinski definition) is 0. The molecule has 18 heavy (non-hydrogen) atoms. The summed E-state index contributed by atoms with van der Waals surface area (Å²) in [5.74, 6) is 1.57. The molecule has 0 spiro atoms. The molecule has 1 aromatic rings. The zero-order valence-electron chi connectivity index (χ0n) is 12.1. The van der Waals surface area contributed by atoms with Gasteiger partial charge in [-0.1, -0.05) is 57.5 Å². The second kappa shape index (κ2) is 6.22. The normalized spacial score (nSPS) is 20.7. The molecule has 0 heterocycles. The van der Waals surface area contributed by atoms with Crippen molar-refractivity contribution in [3.63, 3.8) is 0 Å². The Morgan fingerprint density at radius 3 is 2.44 bits per heavy atom. The molecule has 1 unspecified atom stereocenters. The summed E-state index contributed by atoms with van der Waals surface area (Å²) in [5, 5.41) is 0. The van der Waals surface area contributed by atoms with Gasteiger partial charge in [0.05, 0.1) is 0 Å². The number of benzene rings is 1. The lowest BCUT2D eigenvalue weighted by Crippen LogP contribution is -1.96. The molecule has 0 radical (unpaired) electrons. The molecule has 1 atom stereocenters. The molecule has 0 heteroatoms. The molecule has 0 saturated heterocycles. The van der Waals surface area contributed by atoms with Gasteiger partial charge < -0.3 is 0 Å². The summed E-state index contributed by atoms with van der Waals surface area (Å²) in [7, 11) is 0. The van der Waals surface area contributed by atoms with Crippen molar-refractivity contribution in [2.24, 2.45) is 5.92 Å². The third-order valence-corrected chi connectivity index (χ3v) is 4.31. The Kier molecular flexibility index (Phi) is 4.63. The second-order valence-electron chi connectivity index (χ2n) is 5.90. The average molecular weight is 242 g/mol. The van der Waals surface area contributed by atoms with Crippen LogP contribution >= 0.6 is 0 Å². The second-order valence-corrected chi connectivity index (χ2v) is 5.90. The topological polar surface area (TPSA) is 0 Å². The highest BCUT2D eigenvalue weighted by Gasteiger charge is 2.12. The van der Waals surface area contributed by atoms with Crippen molar-refractivity contribution in [1.29, 1.82) is 0 Å². The van der Waals surface area contributed by atoms with Gasteiger partial charge in [-0.2, -0.15) is 0 Å². The van der Waals surface area contributed by atoms with Crippen LogP contribution in [-0.4, -0.2) is 0 Å². The number of hydrogen-bond donors (Lipinski definition) is 0. The van der Waals surface area contributed by atoms with Crippen molar-refractivity contribution in [3.05, 3.63) is 41.5 Å². The largest absolute Gasteiger partial charge is 0.0807 e. The van der Waals surface area contributed by atoms with Gasteiger partial charge in [0.1, 0.15) is 0 Å². The Bertz CT molecular complexity index is 395. The third-order valence-electron chi connectivity index (χ3n) is 4.31. The molecule has 1 aliphatic rings. The van der Waals surface area contributed by atoms with E-state index in [1.165, 1.54) is 43.2 Å². The van der Waals surface area contributed by atoms with E-state index >= 15 is 0 Å². The first-order valence-electron chi connectivity index (χ1n) is 7.50. The fourth-order valence-corrected chi connectivity index (χ4v) is 2.85. The highest BCUT2D eigenvalue weighted by Crippen LogP contribution is 2.31. The van der Waals surface area contributed by atoms with Gasteiger partial charge in [0, 0.05) is 0 Å². The maximum Gasteiger partial charge on any atom is -0.0219 e. The van der Waals surface area contributed by atoms with Crippen LogP contribution in [0.3, 0.4) is 0 Å². The van der Waals surface area contributed by atoms with Crippen LogP contribution in [0.2, 0.25) is 0 Å². The minimum absolute atomic E-state index is 0.631. The zero-order valence-corrected chi connectivity index (χ0v) is 12.1. The molecule has 0 N–H and O–H groups in total. The molecule has 1 aromatic carbocycles. The van der Waals surface area contributed by atoms with Crippen molar-refractivity contribution >= 4 is 5.57 Å². The fourth-order valence-electron chi connectivity index (χ4n) is 2.85. The van der Waals surface area contributed by atoms with Crippen molar-refractivity contribution in [2.45, 2.75) is 58.8 Å². The van der Waals surface area contributed by atoms with E-state index < -0.39 is 0 Å². The third kappa shape index (κ3) is 3.25. The van der Waals surface area contributed by atoms with Gasteiger partial charge in [0.2, 0.25) is 0 Å². The highest BCUT2D eigenvalue weighted by molar-refractivity contribution is 5.66. The first kappa shape index (κ1) is 13.4. The van der Waals surface area contributed by atoms with Crippen molar-refractivity contribution in [1.82, 2.24) is 0 Å². The fraction of sp³-hybridized carbons (Fsp3) is 0.556. The molecule has 0 aromatic heterocycles. The van der Waals surface area contributed by atoms with E-state index in [4.69, 9.17) is 0 Å². The molecule has 0 amide bonds. The summed E-state index contributed by atoms with van der Waals surface area (Å²) in [4.78, 5) is 0. The maximum atomic E-state index is 2.47. The van der Waals surface area contributed by atoms with Crippen LogP contribution < -0.4 is 0 Å². The summed E-state index contributed by atoms with van der Waals surface area (Å²) in [5.41, 5.74) is 4.46. The van der Waals surface area contributed by atoms with Gasteiger partial charge in [-0.15, -0.1) is 0 Å². The lowest BCUT2D eigenvalue weighted by atomic mass is 9.94. The van der Waals surface area contributed by atoms with Crippen LogP contribution in [-0.2, 0) is 0 Å². The molecule has 98 valence electrons. The molecule has 0 fully saturated rings. The Hall–Kier alpha value is -1.04. The molecule has 0 aliphatic heterocycles. The Morgan fingerprint density at radius 1 is 1.11 bits per heavy atom.